The van der Waals surface area contributed by atoms with E-state index in [0.717, 1.165) is 24.2 Å². The van der Waals surface area contributed by atoms with Crippen LogP contribution in [0.5, 0.6) is 5.75 Å². The van der Waals surface area contributed by atoms with Crippen LogP contribution in [0.4, 0.5) is 0 Å². The van der Waals surface area contributed by atoms with Crippen molar-refractivity contribution in [2.24, 2.45) is 17.8 Å². The number of nitrogens with zero attached hydrogens (tertiary/aromatic N) is 2. The number of esters is 1. The zero-order chi connectivity index (χ0) is 15.6. The van der Waals surface area contributed by atoms with Crippen LogP contribution in [0.15, 0.2) is 28.8 Å². The van der Waals surface area contributed by atoms with Crippen molar-refractivity contribution in [3.8, 4) is 17.1 Å². The van der Waals surface area contributed by atoms with E-state index in [-0.39, 0.29) is 23.9 Å². The van der Waals surface area contributed by atoms with Gasteiger partial charge in [-0.15, -0.1) is 0 Å². The van der Waals surface area contributed by atoms with Crippen molar-refractivity contribution in [3.05, 3.63) is 30.2 Å². The number of hydrogen-bond acceptors (Lipinski definition) is 6. The van der Waals surface area contributed by atoms with E-state index in [0.29, 0.717) is 23.6 Å². The van der Waals surface area contributed by atoms with Crippen molar-refractivity contribution < 1.29 is 18.8 Å². The topological polar surface area (TPSA) is 74.5 Å². The molecule has 1 saturated heterocycles. The molecule has 2 aromatic rings. The van der Waals surface area contributed by atoms with Crippen LogP contribution in [-0.2, 0) is 9.53 Å². The fourth-order valence-corrected chi connectivity index (χ4v) is 4.59. The van der Waals surface area contributed by atoms with Crippen LogP contribution in [-0.4, -0.2) is 29.3 Å². The number of aromatic nitrogens is 2. The molecular formula is C17H16N2O4. The minimum atomic E-state index is -0.0997. The average molecular weight is 312 g/mol. The maximum absolute atomic E-state index is 12.1. The van der Waals surface area contributed by atoms with Crippen LogP contribution in [0, 0.1) is 17.8 Å². The number of hydrogen-bond donors (Lipinski definition) is 0. The first kappa shape index (κ1) is 13.1. The van der Waals surface area contributed by atoms with Gasteiger partial charge in [-0.25, -0.2) is 0 Å². The van der Waals surface area contributed by atoms with Gasteiger partial charge in [0, 0.05) is 11.5 Å². The Bertz CT molecular complexity index is 784. The Kier molecular flexibility index (Phi) is 2.60. The van der Waals surface area contributed by atoms with Crippen molar-refractivity contribution in [2.45, 2.75) is 24.9 Å². The Morgan fingerprint density at radius 2 is 2.17 bits per heavy atom. The molecule has 1 aromatic heterocycles. The smallest absolute Gasteiger partial charge is 0.310 e. The van der Waals surface area contributed by atoms with Crippen LogP contribution in [0.1, 0.15) is 24.7 Å². The van der Waals surface area contributed by atoms with Crippen molar-refractivity contribution in [2.75, 3.05) is 7.11 Å². The predicted molar refractivity (Wildman–Crippen MR) is 78.6 cm³/mol. The summed E-state index contributed by atoms with van der Waals surface area (Å²) in [6.07, 6.45) is 2.08. The largest absolute Gasteiger partial charge is 0.497 e. The van der Waals surface area contributed by atoms with Crippen LogP contribution in [0.2, 0.25) is 0 Å². The van der Waals surface area contributed by atoms with Gasteiger partial charge in [-0.2, -0.15) is 4.98 Å². The van der Waals surface area contributed by atoms with E-state index >= 15 is 0 Å². The molecule has 2 bridgehead atoms. The van der Waals surface area contributed by atoms with Crippen LogP contribution in [0.25, 0.3) is 11.4 Å². The summed E-state index contributed by atoms with van der Waals surface area (Å²) in [7, 11) is 1.62. The molecule has 23 heavy (non-hydrogen) atoms. The molecule has 0 unspecified atom stereocenters. The monoisotopic (exact) mass is 312 g/mol. The highest BCUT2D eigenvalue weighted by Crippen LogP contribution is 2.61. The molecule has 1 aliphatic heterocycles. The van der Waals surface area contributed by atoms with Gasteiger partial charge in [0.15, 0.2) is 0 Å². The second-order valence-electron chi connectivity index (χ2n) is 6.61. The number of carbonyl (C=O) groups is 1. The highest BCUT2D eigenvalue weighted by molar-refractivity contribution is 5.78. The minimum absolute atomic E-state index is 0.0121. The molecule has 3 fully saturated rings. The van der Waals surface area contributed by atoms with E-state index < -0.39 is 0 Å². The van der Waals surface area contributed by atoms with Gasteiger partial charge in [0.25, 0.3) is 0 Å². The summed E-state index contributed by atoms with van der Waals surface area (Å²) in [4.78, 5) is 16.7. The predicted octanol–water partition coefficient (Wildman–Crippen LogP) is 2.41. The first-order valence-electron chi connectivity index (χ1n) is 7.93. The van der Waals surface area contributed by atoms with E-state index in [1.165, 1.54) is 0 Å². The molecule has 2 aliphatic carbocycles. The lowest BCUT2D eigenvalue weighted by atomic mass is 9.80. The average Bonchev–Trinajstić information content (AvgIpc) is 3.30. The van der Waals surface area contributed by atoms with E-state index in [9.17, 15) is 4.79 Å². The first-order chi connectivity index (χ1) is 11.2. The maximum atomic E-state index is 12.1. The molecule has 0 spiro atoms. The quantitative estimate of drug-likeness (QED) is 0.810. The molecule has 6 heteroatoms. The Balaban J connectivity index is 1.49. The lowest BCUT2D eigenvalue weighted by Gasteiger charge is -2.20. The van der Waals surface area contributed by atoms with Gasteiger partial charge in [0.1, 0.15) is 11.9 Å². The van der Waals surface area contributed by atoms with E-state index in [2.05, 4.69) is 10.1 Å². The number of fused-ring (bicyclic) bond motifs is 1. The summed E-state index contributed by atoms with van der Waals surface area (Å²) in [5.41, 5.74) is 0.842. The SMILES string of the molecule is COc1cccc(-c2noc([C@@H]3[C@@H]4C[C@@H]5[C@H]3C(=O)O[C@H]5C4)n2)c1. The molecule has 0 radical (unpaired) electrons. The van der Waals surface area contributed by atoms with Gasteiger partial charge in [-0.1, -0.05) is 17.3 Å². The summed E-state index contributed by atoms with van der Waals surface area (Å²) in [5, 5.41) is 4.10. The summed E-state index contributed by atoms with van der Waals surface area (Å²) in [5.74, 6) is 2.42. The molecule has 5 rings (SSSR count). The number of rotatable bonds is 3. The van der Waals surface area contributed by atoms with Crippen LogP contribution < -0.4 is 4.74 Å². The zero-order valence-corrected chi connectivity index (χ0v) is 12.6. The molecule has 0 N–H and O–H groups in total. The Hall–Kier alpha value is -2.37. The highest BCUT2D eigenvalue weighted by atomic mass is 16.6. The second-order valence-corrected chi connectivity index (χ2v) is 6.61. The van der Waals surface area contributed by atoms with Crippen molar-refractivity contribution in [3.63, 3.8) is 0 Å². The van der Waals surface area contributed by atoms with Gasteiger partial charge in [0.2, 0.25) is 11.7 Å². The third kappa shape index (κ3) is 1.77. The Morgan fingerprint density at radius 1 is 1.26 bits per heavy atom. The molecule has 5 atom stereocenters. The molecule has 2 saturated carbocycles. The number of methoxy groups -OCH3 is 1. The van der Waals surface area contributed by atoms with Gasteiger partial charge in [0.05, 0.1) is 18.9 Å². The van der Waals surface area contributed by atoms with Crippen LogP contribution >= 0.6 is 0 Å². The summed E-state index contributed by atoms with van der Waals surface area (Å²) >= 11 is 0. The normalized spacial score (nSPS) is 34.0. The van der Waals surface area contributed by atoms with E-state index in [4.69, 9.17) is 14.0 Å². The van der Waals surface area contributed by atoms with Crippen molar-refractivity contribution >= 4 is 5.97 Å². The molecule has 1 aromatic carbocycles. The third-order valence-corrected chi connectivity index (χ3v) is 5.54. The second kappa shape index (κ2) is 4.57. The van der Waals surface area contributed by atoms with Crippen LogP contribution in [0.3, 0.4) is 0 Å². The fraction of sp³-hybridized carbons (Fsp3) is 0.471. The maximum Gasteiger partial charge on any atom is 0.310 e. The molecule has 6 nitrogen and oxygen atoms in total. The highest BCUT2D eigenvalue weighted by Gasteiger charge is 2.63. The van der Waals surface area contributed by atoms with Gasteiger partial charge >= 0.3 is 5.97 Å². The first-order valence-corrected chi connectivity index (χ1v) is 7.93. The number of benzene rings is 1. The van der Waals surface area contributed by atoms with Gasteiger partial charge in [-0.05, 0) is 30.9 Å². The molecular weight excluding hydrogens is 296 g/mol. The summed E-state index contributed by atoms with van der Waals surface area (Å²) < 4.78 is 16.2. The fourth-order valence-electron chi connectivity index (χ4n) is 4.59. The molecule has 3 aliphatic rings. The lowest BCUT2D eigenvalue weighted by molar-refractivity contribution is -0.143. The van der Waals surface area contributed by atoms with Gasteiger partial charge < -0.3 is 14.0 Å². The Labute approximate surface area is 132 Å². The summed E-state index contributed by atoms with van der Waals surface area (Å²) in [6, 6.07) is 7.54. The third-order valence-electron chi connectivity index (χ3n) is 5.54. The Morgan fingerprint density at radius 3 is 3.04 bits per heavy atom. The zero-order valence-electron chi connectivity index (χ0n) is 12.6. The lowest BCUT2D eigenvalue weighted by Crippen LogP contribution is -2.24. The number of carbonyl (C=O) groups excluding carboxylic acids is 1. The number of ether oxygens (including phenoxy) is 2. The molecule has 0 amide bonds. The van der Waals surface area contributed by atoms with Gasteiger partial charge in [-0.3, -0.25) is 4.79 Å². The summed E-state index contributed by atoms with van der Waals surface area (Å²) in [6.45, 7) is 0. The van der Waals surface area contributed by atoms with Crippen molar-refractivity contribution in [1.82, 2.24) is 10.1 Å². The molecule has 118 valence electrons. The van der Waals surface area contributed by atoms with E-state index in [1.54, 1.807) is 7.11 Å². The van der Waals surface area contributed by atoms with E-state index in [1.807, 2.05) is 24.3 Å². The minimum Gasteiger partial charge on any atom is -0.497 e. The van der Waals surface area contributed by atoms with Crippen molar-refractivity contribution in [1.29, 1.82) is 0 Å². The molecule has 2 heterocycles. The standard InChI is InChI=1S/C17H16N2O4/c1-21-10-4-2-3-8(5-10)15-18-16(23-19-15)13-9-6-11-12(7-9)22-17(20)14(11)13/h2-5,9,11-14H,6-7H2,1H3/t9-,11+,12+,13-,14-/m1/s1.